The van der Waals surface area contributed by atoms with Crippen molar-refractivity contribution in [2.24, 2.45) is 0 Å². The second kappa shape index (κ2) is 12.4. The molecule has 3 aromatic carbocycles. The minimum absolute atomic E-state index is 0.208. The summed E-state index contributed by atoms with van der Waals surface area (Å²) in [6.45, 7) is 2.21. The number of aryl methyl sites for hydroxylation is 1. The summed E-state index contributed by atoms with van der Waals surface area (Å²) in [6.07, 6.45) is 2.46. The van der Waals surface area contributed by atoms with Crippen molar-refractivity contribution in [1.82, 2.24) is 35.0 Å². The van der Waals surface area contributed by atoms with Crippen LogP contribution in [-0.4, -0.2) is 55.0 Å². The number of ether oxygens (including phenoxy) is 2. The molecular weight excluding hydrogens is 522 g/mol. The van der Waals surface area contributed by atoms with E-state index in [1.807, 2.05) is 48.5 Å². The van der Waals surface area contributed by atoms with Crippen LogP contribution in [0.25, 0.3) is 22.5 Å². The third kappa shape index (κ3) is 5.93. The molecule has 0 saturated carbocycles. The van der Waals surface area contributed by atoms with Crippen LogP contribution in [0.1, 0.15) is 41.5 Å². The molecule has 41 heavy (non-hydrogen) atoms. The molecule has 0 atom stereocenters. The maximum Gasteiger partial charge on any atom is 0.346 e. The van der Waals surface area contributed by atoms with Gasteiger partial charge in [0.05, 0.1) is 26.3 Å². The second-order valence-electron chi connectivity index (χ2n) is 9.51. The number of nitrogens with zero attached hydrogens (tertiary/aromatic N) is 6. The summed E-state index contributed by atoms with van der Waals surface area (Å²) >= 11 is 0. The van der Waals surface area contributed by atoms with E-state index in [0.717, 1.165) is 35.1 Å². The first-order valence-electron chi connectivity index (χ1n) is 13.4. The number of methoxy groups -OCH3 is 2. The number of carbonyl (C=O) groups is 1. The highest BCUT2D eigenvalue weighted by atomic mass is 16.5. The molecule has 2 heterocycles. The van der Waals surface area contributed by atoms with Gasteiger partial charge >= 0.3 is 5.69 Å². The molecule has 11 nitrogen and oxygen atoms in total. The van der Waals surface area contributed by atoms with Gasteiger partial charge in [-0.15, -0.1) is 10.2 Å². The van der Waals surface area contributed by atoms with Gasteiger partial charge in [0.1, 0.15) is 23.9 Å². The van der Waals surface area contributed by atoms with Crippen LogP contribution in [0.5, 0.6) is 11.5 Å². The average molecular weight is 554 g/mol. The van der Waals surface area contributed by atoms with Crippen molar-refractivity contribution in [2.45, 2.75) is 39.3 Å². The highest BCUT2D eigenvalue weighted by molar-refractivity contribution is 5.98. The van der Waals surface area contributed by atoms with Crippen LogP contribution in [0, 0.1) is 0 Å². The van der Waals surface area contributed by atoms with E-state index >= 15 is 0 Å². The third-order valence-corrected chi connectivity index (χ3v) is 6.87. The summed E-state index contributed by atoms with van der Waals surface area (Å²) < 4.78 is 13.5. The van der Waals surface area contributed by atoms with E-state index in [2.05, 4.69) is 32.6 Å². The normalized spacial score (nSPS) is 11.0. The Morgan fingerprint density at radius 1 is 0.976 bits per heavy atom. The Balaban J connectivity index is 1.41. The molecule has 5 aromatic rings. The highest BCUT2D eigenvalue weighted by Crippen LogP contribution is 2.30. The molecule has 0 aliphatic heterocycles. The van der Waals surface area contributed by atoms with Gasteiger partial charge in [-0.05, 0) is 46.5 Å². The lowest BCUT2D eigenvalue weighted by Gasteiger charge is -2.09. The van der Waals surface area contributed by atoms with Gasteiger partial charge in [0.15, 0.2) is 5.78 Å². The molecule has 0 aliphatic carbocycles. The molecule has 2 aromatic heterocycles. The lowest BCUT2D eigenvalue weighted by Crippen LogP contribution is -2.28. The van der Waals surface area contributed by atoms with Gasteiger partial charge in [0, 0.05) is 12.0 Å². The van der Waals surface area contributed by atoms with Gasteiger partial charge in [-0.1, -0.05) is 61.9 Å². The third-order valence-electron chi connectivity index (χ3n) is 6.87. The number of unbranched alkanes of at least 4 members (excludes halogenated alkanes) is 1. The van der Waals surface area contributed by atoms with Crippen molar-refractivity contribution < 1.29 is 14.3 Å². The summed E-state index contributed by atoms with van der Waals surface area (Å²) in [5.74, 6) is 1.81. The number of aromatic amines is 1. The molecule has 0 unspecified atom stereocenters. The molecule has 1 N–H and O–H groups in total. The molecule has 0 radical (unpaired) electrons. The van der Waals surface area contributed by atoms with Gasteiger partial charge in [-0.3, -0.25) is 9.36 Å². The average Bonchev–Trinajstić information content (AvgIpc) is 3.65. The fourth-order valence-electron chi connectivity index (χ4n) is 4.70. The summed E-state index contributed by atoms with van der Waals surface area (Å²) in [5, 5.41) is 19.0. The fraction of sp³-hybridized carbons (Fsp3) is 0.267. The summed E-state index contributed by atoms with van der Waals surface area (Å²) in [4.78, 5) is 26.7. The molecule has 0 saturated heterocycles. The first-order chi connectivity index (χ1) is 20.0. The maximum atomic E-state index is 13.5. The Morgan fingerprint density at radius 3 is 2.44 bits per heavy atom. The van der Waals surface area contributed by atoms with E-state index in [4.69, 9.17) is 9.47 Å². The predicted octanol–water partition coefficient (Wildman–Crippen LogP) is 4.18. The summed E-state index contributed by atoms with van der Waals surface area (Å²) in [6, 6.07) is 20.8. The molecule has 0 aliphatic rings. The molecule has 210 valence electrons. The zero-order valence-electron chi connectivity index (χ0n) is 23.2. The van der Waals surface area contributed by atoms with Crippen molar-refractivity contribution in [3.8, 4) is 34.0 Å². The quantitative estimate of drug-likeness (QED) is 0.228. The Bertz CT molecular complexity index is 1690. The Kier molecular flexibility index (Phi) is 8.33. The lowest BCUT2D eigenvalue weighted by molar-refractivity contribution is 0.0962. The number of aromatic nitrogens is 7. The van der Waals surface area contributed by atoms with Crippen molar-refractivity contribution in [2.75, 3.05) is 14.2 Å². The smallest absolute Gasteiger partial charge is 0.346 e. The van der Waals surface area contributed by atoms with Crippen LogP contribution in [-0.2, 0) is 19.5 Å². The van der Waals surface area contributed by atoms with Gasteiger partial charge in [0.2, 0.25) is 5.82 Å². The fourth-order valence-corrected chi connectivity index (χ4v) is 4.70. The number of H-pyrrole nitrogens is 1. The van der Waals surface area contributed by atoms with E-state index in [1.54, 1.807) is 22.8 Å². The number of hydrogen-bond acceptors (Lipinski definition) is 8. The van der Waals surface area contributed by atoms with E-state index in [-0.39, 0.29) is 18.0 Å². The van der Waals surface area contributed by atoms with Crippen LogP contribution in [0.4, 0.5) is 0 Å². The van der Waals surface area contributed by atoms with E-state index in [9.17, 15) is 9.59 Å². The summed E-state index contributed by atoms with van der Waals surface area (Å²) in [7, 11) is 3.03. The number of carbonyl (C=O) groups excluding carboxylic acids is 1. The van der Waals surface area contributed by atoms with Crippen molar-refractivity contribution in [3.05, 3.63) is 94.2 Å². The van der Waals surface area contributed by atoms with Crippen LogP contribution < -0.4 is 15.2 Å². The molecule has 5 rings (SSSR count). The van der Waals surface area contributed by atoms with Gasteiger partial charge in [0.25, 0.3) is 0 Å². The first-order valence-corrected chi connectivity index (χ1v) is 13.4. The Hall–Kier alpha value is -5.06. The van der Waals surface area contributed by atoms with Crippen LogP contribution in [0.15, 0.2) is 71.5 Å². The largest absolute Gasteiger partial charge is 0.497 e. The SMILES string of the molecule is CCCCc1nn(CC(=O)c2cc(OC)ccc2OC)c(=O)n1Cc1ccc(-c2ccccc2-c2nn[nH]n2)cc1. The number of Topliss-reactive ketones (excluding diaryl/α,β-unsaturated/α-hetero) is 1. The van der Waals surface area contributed by atoms with Crippen molar-refractivity contribution in [3.63, 3.8) is 0 Å². The topological polar surface area (TPSA) is 130 Å². The van der Waals surface area contributed by atoms with E-state index in [0.29, 0.717) is 41.7 Å². The number of nitrogens with one attached hydrogen (secondary N) is 1. The number of hydrogen-bond donors (Lipinski definition) is 1. The zero-order chi connectivity index (χ0) is 28.8. The summed E-state index contributed by atoms with van der Waals surface area (Å²) in [5.41, 5.74) is 3.76. The molecule has 0 amide bonds. The minimum Gasteiger partial charge on any atom is -0.497 e. The highest BCUT2D eigenvalue weighted by Gasteiger charge is 2.20. The predicted molar refractivity (Wildman–Crippen MR) is 153 cm³/mol. The number of benzene rings is 3. The van der Waals surface area contributed by atoms with Crippen LogP contribution in [0.3, 0.4) is 0 Å². The van der Waals surface area contributed by atoms with E-state index in [1.165, 1.54) is 18.9 Å². The van der Waals surface area contributed by atoms with Crippen molar-refractivity contribution >= 4 is 5.78 Å². The van der Waals surface area contributed by atoms with Crippen LogP contribution in [0.2, 0.25) is 0 Å². The minimum atomic E-state index is -0.335. The number of tetrazole rings is 1. The Morgan fingerprint density at radius 2 is 1.76 bits per heavy atom. The van der Waals surface area contributed by atoms with Gasteiger partial charge in [-0.2, -0.15) is 10.3 Å². The Labute approximate surface area is 236 Å². The first kappa shape index (κ1) is 27.5. The molecule has 0 fully saturated rings. The van der Waals surface area contributed by atoms with Gasteiger partial charge in [-0.25, -0.2) is 9.48 Å². The lowest BCUT2D eigenvalue weighted by atomic mass is 9.98. The number of rotatable bonds is 12. The molecule has 11 heteroatoms. The molecule has 0 bridgehead atoms. The monoisotopic (exact) mass is 553 g/mol. The van der Waals surface area contributed by atoms with E-state index < -0.39 is 0 Å². The van der Waals surface area contributed by atoms with Crippen LogP contribution >= 0.6 is 0 Å². The second-order valence-corrected chi connectivity index (χ2v) is 9.51. The maximum absolute atomic E-state index is 13.5. The van der Waals surface area contributed by atoms with Gasteiger partial charge < -0.3 is 9.47 Å². The van der Waals surface area contributed by atoms with Crippen molar-refractivity contribution in [1.29, 1.82) is 0 Å². The zero-order valence-corrected chi connectivity index (χ0v) is 23.2. The molecule has 0 spiro atoms. The molecular formula is C30H31N7O4. The standard InChI is InChI=1S/C30H31N7O4/c1-4-5-10-28-33-37(19-26(38)25-17-22(40-2)15-16-27(25)41-3)30(39)36(28)18-20-11-13-21(14-12-20)23-8-6-7-9-24(23)29-31-34-35-32-29/h6-9,11-17H,4-5,10,18-19H2,1-3H3,(H,31,32,34,35). The number of ketones is 1.